The third kappa shape index (κ3) is 7.21. The molecule has 0 aliphatic heterocycles. The lowest BCUT2D eigenvalue weighted by atomic mass is 10.1. The van der Waals surface area contributed by atoms with E-state index in [4.69, 9.17) is 4.74 Å². The van der Waals surface area contributed by atoms with E-state index in [2.05, 4.69) is 15.4 Å². The fourth-order valence-corrected chi connectivity index (χ4v) is 4.23. The van der Waals surface area contributed by atoms with E-state index in [1.54, 1.807) is 75.4 Å². The second kappa shape index (κ2) is 10.6. The Morgan fingerprint density at radius 1 is 0.853 bits per heavy atom. The zero-order valence-corrected chi connectivity index (χ0v) is 20.2. The highest BCUT2D eigenvalue weighted by Crippen LogP contribution is 2.23. The molecule has 9 heteroatoms. The molecule has 0 spiro atoms. The first-order valence-electron chi connectivity index (χ1n) is 10.9. The molecule has 3 aromatic carbocycles. The minimum Gasteiger partial charge on any atom is -0.444 e. The number of sulfonamides is 1. The highest BCUT2D eigenvalue weighted by molar-refractivity contribution is 7.92. The van der Waals surface area contributed by atoms with E-state index >= 15 is 0 Å². The number of fused-ring (bicyclic) bond motifs is 1. The SMILES string of the molecule is CC(C)(C)OC(=O)NCCCNC(=O)c1ccc2cc(NS(=O)(=O)c3ccccc3)ccc2c1. The Bertz CT molecular complexity index is 1270. The molecule has 0 aliphatic rings. The van der Waals surface area contributed by atoms with Crippen molar-refractivity contribution in [2.45, 2.75) is 37.7 Å². The Labute approximate surface area is 199 Å². The first-order valence-corrected chi connectivity index (χ1v) is 12.4. The Morgan fingerprint density at radius 2 is 1.50 bits per heavy atom. The number of rotatable bonds is 8. The zero-order chi connectivity index (χ0) is 24.8. The average molecular weight is 484 g/mol. The fraction of sp³-hybridized carbons (Fsp3) is 0.280. The smallest absolute Gasteiger partial charge is 0.407 e. The molecule has 0 aromatic heterocycles. The summed E-state index contributed by atoms with van der Waals surface area (Å²) in [5, 5.41) is 7.08. The van der Waals surface area contributed by atoms with Gasteiger partial charge in [-0.05, 0) is 74.4 Å². The Hall–Kier alpha value is -3.59. The summed E-state index contributed by atoms with van der Waals surface area (Å²) in [6, 6.07) is 18.5. The molecule has 3 N–H and O–H groups in total. The molecule has 0 atom stereocenters. The van der Waals surface area contributed by atoms with Crippen molar-refractivity contribution in [1.82, 2.24) is 10.6 Å². The van der Waals surface area contributed by atoms with Gasteiger partial charge in [0, 0.05) is 24.3 Å². The molecule has 0 saturated heterocycles. The minimum absolute atomic E-state index is 0.184. The van der Waals surface area contributed by atoms with Crippen LogP contribution in [0.15, 0.2) is 71.6 Å². The summed E-state index contributed by atoms with van der Waals surface area (Å²) in [5.74, 6) is -0.229. The Morgan fingerprint density at radius 3 is 2.21 bits per heavy atom. The predicted molar refractivity (Wildman–Crippen MR) is 132 cm³/mol. The van der Waals surface area contributed by atoms with E-state index in [0.717, 1.165) is 10.8 Å². The van der Waals surface area contributed by atoms with Crippen LogP contribution in [0.2, 0.25) is 0 Å². The quantitative estimate of drug-likeness (QED) is 0.414. The van der Waals surface area contributed by atoms with Crippen molar-refractivity contribution >= 4 is 38.5 Å². The van der Waals surface area contributed by atoms with Gasteiger partial charge in [-0.15, -0.1) is 0 Å². The van der Waals surface area contributed by atoms with Crippen molar-refractivity contribution in [3.05, 3.63) is 72.3 Å². The van der Waals surface area contributed by atoms with Crippen LogP contribution in [0.1, 0.15) is 37.6 Å². The van der Waals surface area contributed by atoms with E-state index in [0.29, 0.717) is 30.8 Å². The number of hydrogen-bond acceptors (Lipinski definition) is 5. The van der Waals surface area contributed by atoms with Gasteiger partial charge in [0.2, 0.25) is 0 Å². The van der Waals surface area contributed by atoms with Crippen LogP contribution in [0.5, 0.6) is 0 Å². The summed E-state index contributed by atoms with van der Waals surface area (Å²) >= 11 is 0. The summed E-state index contributed by atoms with van der Waals surface area (Å²) in [4.78, 5) is 24.3. The number of carbonyl (C=O) groups is 2. The third-order valence-electron chi connectivity index (χ3n) is 4.72. The number of benzene rings is 3. The highest BCUT2D eigenvalue weighted by atomic mass is 32.2. The molecular weight excluding hydrogens is 454 g/mol. The van der Waals surface area contributed by atoms with Crippen LogP contribution in [0.25, 0.3) is 10.8 Å². The van der Waals surface area contributed by atoms with Crippen LogP contribution in [-0.4, -0.2) is 39.1 Å². The van der Waals surface area contributed by atoms with Gasteiger partial charge in [0.15, 0.2) is 0 Å². The topological polar surface area (TPSA) is 114 Å². The molecule has 180 valence electrons. The molecule has 3 rings (SSSR count). The Kier molecular flexibility index (Phi) is 7.78. The van der Waals surface area contributed by atoms with E-state index in [9.17, 15) is 18.0 Å². The average Bonchev–Trinajstić information content (AvgIpc) is 2.77. The van der Waals surface area contributed by atoms with Crippen molar-refractivity contribution in [2.75, 3.05) is 17.8 Å². The summed E-state index contributed by atoms with van der Waals surface area (Å²) in [6.45, 7) is 6.16. The molecule has 0 saturated carbocycles. The van der Waals surface area contributed by atoms with Crippen molar-refractivity contribution < 1.29 is 22.7 Å². The summed E-state index contributed by atoms with van der Waals surface area (Å²) in [5.41, 5.74) is 0.373. The van der Waals surface area contributed by atoms with Gasteiger partial charge in [0.05, 0.1) is 4.90 Å². The van der Waals surface area contributed by atoms with Gasteiger partial charge in [-0.2, -0.15) is 0 Å². The molecule has 0 aliphatic carbocycles. The first-order chi connectivity index (χ1) is 16.0. The van der Waals surface area contributed by atoms with Crippen molar-refractivity contribution in [3.8, 4) is 0 Å². The van der Waals surface area contributed by atoms with E-state index in [1.165, 1.54) is 12.1 Å². The predicted octanol–water partition coefficient (Wildman–Crippen LogP) is 4.29. The maximum atomic E-state index is 12.5. The molecular formula is C25H29N3O5S. The summed E-state index contributed by atoms with van der Waals surface area (Å²) in [7, 11) is -3.68. The summed E-state index contributed by atoms with van der Waals surface area (Å²) in [6.07, 6.45) is 0.0718. The number of carbonyl (C=O) groups excluding carboxylic acids is 2. The zero-order valence-electron chi connectivity index (χ0n) is 19.4. The molecule has 0 bridgehead atoms. The third-order valence-corrected chi connectivity index (χ3v) is 6.11. The van der Waals surface area contributed by atoms with Crippen LogP contribution < -0.4 is 15.4 Å². The van der Waals surface area contributed by atoms with Gasteiger partial charge >= 0.3 is 6.09 Å². The molecule has 3 aromatic rings. The largest absolute Gasteiger partial charge is 0.444 e. The van der Waals surface area contributed by atoms with Crippen LogP contribution in [0.4, 0.5) is 10.5 Å². The van der Waals surface area contributed by atoms with Crippen molar-refractivity contribution in [2.24, 2.45) is 0 Å². The monoisotopic (exact) mass is 483 g/mol. The van der Waals surface area contributed by atoms with Gasteiger partial charge in [0.1, 0.15) is 5.60 Å². The van der Waals surface area contributed by atoms with E-state index in [1.807, 2.05) is 0 Å². The number of alkyl carbamates (subject to hydrolysis) is 1. The van der Waals surface area contributed by atoms with Crippen LogP contribution in [-0.2, 0) is 14.8 Å². The molecule has 0 unspecified atom stereocenters. The molecule has 0 fully saturated rings. The van der Waals surface area contributed by atoms with Gasteiger partial charge in [-0.25, -0.2) is 13.2 Å². The number of anilines is 1. The second-order valence-corrected chi connectivity index (χ2v) is 10.4. The number of nitrogens with one attached hydrogen (secondary N) is 3. The standard InChI is InChI=1S/C25H29N3O5S/c1-25(2,3)33-24(30)27-15-7-14-26-23(29)20-11-10-19-17-21(13-12-18(19)16-20)28-34(31,32)22-8-5-4-6-9-22/h4-6,8-13,16-17,28H,7,14-15H2,1-3H3,(H,26,29)(H,27,30). The van der Waals surface area contributed by atoms with Crippen molar-refractivity contribution in [3.63, 3.8) is 0 Å². The fourth-order valence-electron chi connectivity index (χ4n) is 3.16. The lowest BCUT2D eigenvalue weighted by Gasteiger charge is -2.19. The maximum absolute atomic E-state index is 12.5. The van der Waals surface area contributed by atoms with Gasteiger partial charge in [-0.3, -0.25) is 9.52 Å². The maximum Gasteiger partial charge on any atom is 0.407 e. The Balaban J connectivity index is 1.55. The van der Waals surface area contributed by atoms with E-state index < -0.39 is 21.7 Å². The normalized spacial score (nSPS) is 11.6. The van der Waals surface area contributed by atoms with Crippen LogP contribution >= 0.6 is 0 Å². The minimum atomic E-state index is -3.68. The highest BCUT2D eigenvalue weighted by Gasteiger charge is 2.16. The molecule has 0 radical (unpaired) electrons. The molecule has 8 nitrogen and oxygen atoms in total. The molecule has 0 heterocycles. The summed E-state index contributed by atoms with van der Waals surface area (Å²) < 4.78 is 32.8. The molecule has 34 heavy (non-hydrogen) atoms. The number of hydrogen-bond donors (Lipinski definition) is 3. The van der Waals surface area contributed by atoms with Gasteiger partial charge in [-0.1, -0.05) is 30.3 Å². The molecule has 2 amide bonds. The van der Waals surface area contributed by atoms with Gasteiger partial charge in [0.25, 0.3) is 15.9 Å². The lowest BCUT2D eigenvalue weighted by molar-refractivity contribution is 0.0527. The van der Waals surface area contributed by atoms with Gasteiger partial charge < -0.3 is 15.4 Å². The lowest BCUT2D eigenvalue weighted by Crippen LogP contribution is -2.34. The first kappa shape index (κ1) is 25.0. The van der Waals surface area contributed by atoms with E-state index in [-0.39, 0.29) is 10.8 Å². The van der Waals surface area contributed by atoms with Crippen molar-refractivity contribution in [1.29, 1.82) is 0 Å². The number of ether oxygens (including phenoxy) is 1. The second-order valence-electron chi connectivity index (χ2n) is 8.73. The number of amides is 2. The van der Waals surface area contributed by atoms with Crippen LogP contribution in [0, 0.1) is 0 Å². The van der Waals surface area contributed by atoms with Crippen LogP contribution in [0.3, 0.4) is 0 Å².